The number of carbonyl (C=O) groups is 1. The SMILES string of the molecule is CNC(=O)C(C)(C)CNCCc1cnn(C)c1. The normalized spacial score (nSPS) is 11.5. The molecule has 1 amide bonds. The van der Waals surface area contributed by atoms with E-state index in [4.69, 9.17) is 0 Å². The van der Waals surface area contributed by atoms with E-state index in [0.29, 0.717) is 6.54 Å². The molecule has 0 aliphatic heterocycles. The van der Waals surface area contributed by atoms with Crippen LogP contribution >= 0.6 is 0 Å². The minimum atomic E-state index is -0.371. The van der Waals surface area contributed by atoms with Crippen LogP contribution < -0.4 is 10.6 Å². The number of carbonyl (C=O) groups excluding carboxylic acids is 1. The number of hydrogen-bond donors (Lipinski definition) is 2. The first kappa shape index (κ1) is 13.7. The van der Waals surface area contributed by atoms with E-state index in [9.17, 15) is 4.79 Å². The third-order valence-electron chi connectivity index (χ3n) is 2.76. The second-order valence-corrected chi connectivity index (χ2v) is 4.91. The molecule has 0 radical (unpaired) electrons. The van der Waals surface area contributed by atoms with Gasteiger partial charge in [-0.25, -0.2) is 0 Å². The number of nitrogens with one attached hydrogen (secondary N) is 2. The van der Waals surface area contributed by atoms with Crippen molar-refractivity contribution >= 4 is 5.91 Å². The van der Waals surface area contributed by atoms with Crippen molar-refractivity contribution in [3.8, 4) is 0 Å². The lowest BCUT2D eigenvalue weighted by Gasteiger charge is -2.22. The van der Waals surface area contributed by atoms with Crippen LogP contribution in [0.1, 0.15) is 19.4 Å². The van der Waals surface area contributed by atoms with Crippen molar-refractivity contribution in [2.24, 2.45) is 12.5 Å². The molecule has 17 heavy (non-hydrogen) atoms. The predicted octanol–water partition coefficient (Wildman–Crippen LogP) is 0.324. The number of amides is 1. The van der Waals surface area contributed by atoms with Gasteiger partial charge in [0.25, 0.3) is 0 Å². The van der Waals surface area contributed by atoms with E-state index in [1.54, 1.807) is 11.7 Å². The van der Waals surface area contributed by atoms with Gasteiger partial charge < -0.3 is 10.6 Å². The van der Waals surface area contributed by atoms with Crippen LogP contribution in [0.25, 0.3) is 0 Å². The lowest BCUT2D eigenvalue weighted by atomic mass is 9.92. The van der Waals surface area contributed by atoms with Crippen LogP contribution in [0.5, 0.6) is 0 Å². The number of nitrogens with zero attached hydrogens (tertiary/aromatic N) is 2. The molecule has 0 fully saturated rings. The van der Waals surface area contributed by atoms with Gasteiger partial charge in [-0.2, -0.15) is 5.10 Å². The Labute approximate surface area is 103 Å². The Bertz CT molecular complexity index is 370. The van der Waals surface area contributed by atoms with Crippen LogP contribution in [0.2, 0.25) is 0 Å². The Balaban J connectivity index is 2.26. The molecule has 96 valence electrons. The summed E-state index contributed by atoms with van der Waals surface area (Å²) in [5, 5.41) is 10.1. The summed E-state index contributed by atoms with van der Waals surface area (Å²) in [6.07, 6.45) is 4.80. The van der Waals surface area contributed by atoms with Crippen LogP contribution in [0, 0.1) is 5.41 Å². The van der Waals surface area contributed by atoms with Crippen molar-refractivity contribution in [1.29, 1.82) is 0 Å². The lowest BCUT2D eigenvalue weighted by molar-refractivity contribution is -0.128. The summed E-state index contributed by atoms with van der Waals surface area (Å²) in [6, 6.07) is 0. The average molecular weight is 238 g/mol. The highest BCUT2D eigenvalue weighted by Gasteiger charge is 2.25. The molecule has 5 nitrogen and oxygen atoms in total. The minimum Gasteiger partial charge on any atom is -0.359 e. The summed E-state index contributed by atoms with van der Waals surface area (Å²) in [4.78, 5) is 11.5. The van der Waals surface area contributed by atoms with E-state index >= 15 is 0 Å². The van der Waals surface area contributed by atoms with Gasteiger partial charge in [0.2, 0.25) is 5.91 Å². The maximum atomic E-state index is 11.5. The number of aryl methyl sites for hydroxylation is 1. The van der Waals surface area contributed by atoms with E-state index in [0.717, 1.165) is 13.0 Å². The van der Waals surface area contributed by atoms with Crippen molar-refractivity contribution in [3.05, 3.63) is 18.0 Å². The molecular weight excluding hydrogens is 216 g/mol. The molecule has 0 saturated carbocycles. The summed E-state index contributed by atoms with van der Waals surface area (Å²) in [5.41, 5.74) is 0.835. The van der Waals surface area contributed by atoms with Crippen LogP contribution in [-0.4, -0.2) is 35.8 Å². The van der Waals surface area contributed by atoms with Gasteiger partial charge >= 0.3 is 0 Å². The van der Waals surface area contributed by atoms with Gasteiger partial charge in [-0.05, 0) is 32.4 Å². The van der Waals surface area contributed by atoms with Gasteiger partial charge in [-0.3, -0.25) is 9.48 Å². The van der Waals surface area contributed by atoms with Crippen LogP contribution in [0.4, 0.5) is 0 Å². The molecule has 0 saturated heterocycles. The molecule has 1 aromatic heterocycles. The first-order valence-electron chi connectivity index (χ1n) is 5.86. The molecule has 0 atom stereocenters. The molecular formula is C12H22N4O. The second kappa shape index (κ2) is 5.82. The average Bonchev–Trinajstić information content (AvgIpc) is 2.69. The van der Waals surface area contributed by atoms with Gasteiger partial charge in [-0.15, -0.1) is 0 Å². The van der Waals surface area contributed by atoms with Crippen molar-refractivity contribution in [2.75, 3.05) is 20.1 Å². The zero-order valence-corrected chi connectivity index (χ0v) is 11.1. The Morgan fingerprint density at radius 3 is 2.76 bits per heavy atom. The Kier molecular flexibility index (Phi) is 4.69. The summed E-state index contributed by atoms with van der Waals surface area (Å²) < 4.78 is 1.80. The monoisotopic (exact) mass is 238 g/mol. The molecule has 1 aromatic rings. The minimum absolute atomic E-state index is 0.0615. The molecule has 2 N–H and O–H groups in total. The van der Waals surface area contributed by atoms with E-state index in [1.807, 2.05) is 33.3 Å². The summed E-state index contributed by atoms with van der Waals surface area (Å²) >= 11 is 0. The summed E-state index contributed by atoms with van der Waals surface area (Å²) in [7, 11) is 3.57. The molecule has 0 unspecified atom stereocenters. The zero-order valence-electron chi connectivity index (χ0n) is 11.1. The highest BCUT2D eigenvalue weighted by Crippen LogP contribution is 2.12. The molecule has 1 rings (SSSR count). The third kappa shape index (κ3) is 4.19. The van der Waals surface area contributed by atoms with E-state index < -0.39 is 0 Å². The Hall–Kier alpha value is -1.36. The Morgan fingerprint density at radius 2 is 2.24 bits per heavy atom. The smallest absolute Gasteiger partial charge is 0.226 e. The molecule has 0 spiro atoms. The van der Waals surface area contributed by atoms with Crippen LogP contribution in [0.15, 0.2) is 12.4 Å². The zero-order chi connectivity index (χ0) is 12.9. The highest BCUT2D eigenvalue weighted by atomic mass is 16.2. The number of aromatic nitrogens is 2. The van der Waals surface area contributed by atoms with Gasteiger partial charge in [0.05, 0.1) is 11.6 Å². The second-order valence-electron chi connectivity index (χ2n) is 4.91. The van der Waals surface area contributed by atoms with Crippen molar-refractivity contribution < 1.29 is 4.79 Å². The lowest BCUT2D eigenvalue weighted by Crippen LogP contribution is -2.42. The van der Waals surface area contributed by atoms with E-state index in [2.05, 4.69) is 15.7 Å². The fourth-order valence-electron chi connectivity index (χ4n) is 1.65. The number of hydrogen-bond acceptors (Lipinski definition) is 3. The van der Waals surface area contributed by atoms with E-state index in [-0.39, 0.29) is 11.3 Å². The number of rotatable bonds is 6. The molecule has 1 heterocycles. The molecule has 0 bridgehead atoms. The standard InChI is InChI=1S/C12H22N4O/c1-12(2,11(17)13-3)9-14-6-5-10-7-15-16(4)8-10/h7-8,14H,5-6,9H2,1-4H3,(H,13,17). The summed E-state index contributed by atoms with van der Waals surface area (Å²) in [5.74, 6) is 0.0615. The Morgan fingerprint density at radius 1 is 1.53 bits per heavy atom. The molecule has 0 aliphatic carbocycles. The van der Waals surface area contributed by atoms with Crippen molar-refractivity contribution in [2.45, 2.75) is 20.3 Å². The van der Waals surface area contributed by atoms with Gasteiger partial charge in [0.15, 0.2) is 0 Å². The van der Waals surface area contributed by atoms with Crippen molar-refractivity contribution in [1.82, 2.24) is 20.4 Å². The van der Waals surface area contributed by atoms with Gasteiger partial charge in [0.1, 0.15) is 0 Å². The molecule has 0 aromatic carbocycles. The fraction of sp³-hybridized carbons (Fsp3) is 0.667. The van der Waals surface area contributed by atoms with Crippen molar-refractivity contribution in [3.63, 3.8) is 0 Å². The third-order valence-corrected chi connectivity index (χ3v) is 2.76. The first-order chi connectivity index (χ1) is 7.95. The molecule has 0 aliphatic rings. The predicted molar refractivity (Wildman–Crippen MR) is 67.6 cm³/mol. The fourth-order valence-corrected chi connectivity index (χ4v) is 1.65. The van der Waals surface area contributed by atoms with Crippen LogP contribution in [0.3, 0.4) is 0 Å². The van der Waals surface area contributed by atoms with Crippen LogP contribution in [-0.2, 0) is 18.3 Å². The maximum Gasteiger partial charge on any atom is 0.226 e. The van der Waals surface area contributed by atoms with Gasteiger partial charge in [-0.1, -0.05) is 0 Å². The van der Waals surface area contributed by atoms with E-state index in [1.165, 1.54) is 5.56 Å². The quantitative estimate of drug-likeness (QED) is 0.702. The maximum absolute atomic E-state index is 11.5. The molecule has 5 heteroatoms. The summed E-state index contributed by atoms with van der Waals surface area (Å²) in [6.45, 7) is 5.39. The largest absolute Gasteiger partial charge is 0.359 e. The highest BCUT2D eigenvalue weighted by molar-refractivity contribution is 5.81. The first-order valence-corrected chi connectivity index (χ1v) is 5.86. The van der Waals surface area contributed by atoms with Gasteiger partial charge in [0, 0.05) is 26.8 Å². The topological polar surface area (TPSA) is 59.0 Å².